The molecule has 0 bridgehead atoms. The lowest BCUT2D eigenvalue weighted by Gasteiger charge is -2.30. The van der Waals surface area contributed by atoms with Gasteiger partial charge < -0.3 is 10.1 Å². The van der Waals surface area contributed by atoms with Crippen molar-refractivity contribution in [2.45, 2.75) is 71.1 Å². The summed E-state index contributed by atoms with van der Waals surface area (Å²) in [6.45, 7) is 8.91. The maximum atomic E-state index is 6.08. The van der Waals surface area contributed by atoms with Crippen LogP contribution in [0.1, 0.15) is 75.1 Å². The van der Waals surface area contributed by atoms with Crippen LogP contribution in [0, 0.1) is 0 Å². The minimum Gasteiger partial charge on any atom is -0.367 e. The molecule has 1 saturated carbocycles. The van der Waals surface area contributed by atoms with Crippen LogP contribution in [-0.2, 0) is 23.4 Å². The molecule has 1 aliphatic carbocycles. The summed E-state index contributed by atoms with van der Waals surface area (Å²) in [4.78, 5) is 9.82. The van der Waals surface area contributed by atoms with Gasteiger partial charge in [0.1, 0.15) is 5.60 Å². The molecule has 0 aromatic carbocycles. The molecule has 0 radical (unpaired) electrons. The van der Waals surface area contributed by atoms with Crippen LogP contribution < -0.4 is 5.32 Å². The Morgan fingerprint density at radius 3 is 2.50 bits per heavy atom. The smallest absolute Gasteiger partial charge is 0.160 e. The second-order valence-corrected chi connectivity index (χ2v) is 5.87. The second-order valence-electron chi connectivity index (χ2n) is 5.87. The second kappa shape index (κ2) is 5.41. The molecule has 110 valence electrons. The first-order valence-electron chi connectivity index (χ1n) is 7.99. The van der Waals surface area contributed by atoms with Gasteiger partial charge in [0.2, 0.25) is 0 Å². The van der Waals surface area contributed by atoms with E-state index in [9.17, 15) is 0 Å². The zero-order chi connectivity index (χ0) is 14.2. The van der Waals surface area contributed by atoms with Gasteiger partial charge in [0.25, 0.3) is 0 Å². The molecule has 0 spiro atoms. The van der Waals surface area contributed by atoms with E-state index in [0.717, 1.165) is 31.8 Å². The van der Waals surface area contributed by atoms with E-state index >= 15 is 0 Å². The molecule has 1 fully saturated rings. The fraction of sp³-hybridized carbons (Fsp3) is 0.750. The highest BCUT2D eigenvalue weighted by Gasteiger charge is 2.37. The van der Waals surface area contributed by atoms with Crippen molar-refractivity contribution in [2.24, 2.45) is 0 Å². The summed E-state index contributed by atoms with van der Waals surface area (Å²) in [7, 11) is 0. The Balaban J connectivity index is 2.06. The van der Waals surface area contributed by atoms with Crippen molar-refractivity contribution in [3.8, 4) is 0 Å². The molecule has 0 atom stereocenters. The number of nitrogens with zero attached hydrogens (tertiary/aromatic N) is 2. The molecule has 3 rings (SSSR count). The zero-order valence-electron chi connectivity index (χ0n) is 12.8. The fourth-order valence-corrected chi connectivity index (χ4v) is 3.20. The van der Waals surface area contributed by atoms with E-state index in [1.165, 1.54) is 29.8 Å². The van der Waals surface area contributed by atoms with E-state index in [1.54, 1.807) is 0 Å². The van der Waals surface area contributed by atoms with Crippen LogP contribution in [0.3, 0.4) is 0 Å². The van der Waals surface area contributed by atoms with Crippen LogP contribution >= 0.6 is 0 Å². The first-order chi connectivity index (χ1) is 9.74. The van der Waals surface area contributed by atoms with Crippen LogP contribution in [0.4, 0.5) is 0 Å². The zero-order valence-corrected chi connectivity index (χ0v) is 12.8. The molecular weight excluding hydrogens is 250 g/mol. The van der Waals surface area contributed by atoms with Crippen LogP contribution in [0.5, 0.6) is 0 Å². The average molecular weight is 275 g/mol. The first-order valence-corrected chi connectivity index (χ1v) is 7.99. The quantitative estimate of drug-likeness (QED) is 0.867. The number of ether oxygens (including phenoxy) is 1. The summed E-state index contributed by atoms with van der Waals surface area (Å²) in [5.41, 5.74) is 3.54. The lowest BCUT2D eigenvalue weighted by atomic mass is 9.95. The molecule has 2 heterocycles. The van der Waals surface area contributed by atoms with Crippen molar-refractivity contribution in [3.63, 3.8) is 0 Å². The van der Waals surface area contributed by atoms with Gasteiger partial charge in [-0.3, -0.25) is 0 Å². The highest BCUT2D eigenvalue weighted by molar-refractivity contribution is 5.34. The molecule has 1 aromatic rings. The maximum absolute atomic E-state index is 6.08. The molecule has 4 nitrogen and oxygen atoms in total. The van der Waals surface area contributed by atoms with Gasteiger partial charge in [-0.15, -0.1) is 0 Å². The summed E-state index contributed by atoms with van der Waals surface area (Å²) in [6.07, 6.45) is 4.41. The van der Waals surface area contributed by atoms with Gasteiger partial charge in [0, 0.05) is 31.2 Å². The summed E-state index contributed by atoms with van der Waals surface area (Å²) in [6, 6.07) is 0. The van der Waals surface area contributed by atoms with Gasteiger partial charge in [-0.05, 0) is 32.6 Å². The molecule has 1 aromatic heterocycles. The number of aromatic nitrogens is 2. The summed E-state index contributed by atoms with van der Waals surface area (Å²) >= 11 is 0. The highest BCUT2D eigenvalue weighted by Crippen LogP contribution is 2.43. The topological polar surface area (TPSA) is 47.0 Å². The summed E-state index contributed by atoms with van der Waals surface area (Å²) < 4.78 is 6.08. The van der Waals surface area contributed by atoms with Crippen molar-refractivity contribution in [3.05, 3.63) is 22.8 Å². The number of hydrogen-bond acceptors (Lipinski definition) is 4. The minimum absolute atomic E-state index is 0.310. The summed E-state index contributed by atoms with van der Waals surface area (Å²) in [5.74, 6) is 1.58. The lowest BCUT2D eigenvalue weighted by molar-refractivity contribution is -0.0574. The van der Waals surface area contributed by atoms with E-state index in [1.807, 2.05) is 0 Å². The third-order valence-electron chi connectivity index (χ3n) is 4.65. The molecule has 1 aliphatic heterocycles. The Labute approximate surface area is 121 Å². The lowest BCUT2D eigenvalue weighted by Crippen LogP contribution is -2.32. The number of fused-ring (bicyclic) bond motifs is 1. The SMILES string of the molecule is CCOC(CC)(CC)c1nc2c(c(C3CC3)n1)CNC2. The predicted molar refractivity (Wildman–Crippen MR) is 78.4 cm³/mol. The Hall–Kier alpha value is -1.00. The number of rotatable bonds is 6. The van der Waals surface area contributed by atoms with Gasteiger partial charge in [-0.2, -0.15) is 0 Å². The van der Waals surface area contributed by atoms with Crippen LogP contribution in [0.15, 0.2) is 0 Å². The van der Waals surface area contributed by atoms with Gasteiger partial charge in [-0.25, -0.2) is 9.97 Å². The van der Waals surface area contributed by atoms with Crippen molar-refractivity contribution < 1.29 is 4.74 Å². The monoisotopic (exact) mass is 275 g/mol. The van der Waals surface area contributed by atoms with Gasteiger partial charge in [-0.1, -0.05) is 13.8 Å². The van der Waals surface area contributed by atoms with Crippen molar-refractivity contribution in [1.82, 2.24) is 15.3 Å². The maximum Gasteiger partial charge on any atom is 0.160 e. The van der Waals surface area contributed by atoms with Gasteiger partial charge >= 0.3 is 0 Å². The molecule has 2 aliphatic rings. The molecule has 20 heavy (non-hydrogen) atoms. The summed E-state index contributed by atoms with van der Waals surface area (Å²) in [5, 5.41) is 3.41. The minimum atomic E-state index is -0.310. The number of hydrogen-bond donors (Lipinski definition) is 1. The molecule has 0 unspecified atom stereocenters. The van der Waals surface area contributed by atoms with Gasteiger partial charge in [0.15, 0.2) is 5.82 Å². The van der Waals surface area contributed by atoms with E-state index in [4.69, 9.17) is 14.7 Å². The van der Waals surface area contributed by atoms with Crippen LogP contribution in [-0.4, -0.2) is 16.6 Å². The fourth-order valence-electron chi connectivity index (χ4n) is 3.20. The molecule has 1 N–H and O–H groups in total. The third kappa shape index (κ3) is 2.25. The van der Waals surface area contributed by atoms with Crippen LogP contribution in [0.2, 0.25) is 0 Å². The molecule has 0 amide bonds. The number of nitrogens with one attached hydrogen (secondary N) is 1. The van der Waals surface area contributed by atoms with Gasteiger partial charge in [0.05, 0.1) is 11.4 Å². The molecule has 0 saturated heterocycles. The average Bonchev–Trinajstić information content (AvgIpc) is 3.21. The standard InChI is InChI=1S/C16H25N3O/c1-4-16(5-2,20-6-3)15-18-13-10-17-9-12(13)14(19-15)11-7-8-11/h11,17H,4-10H2,1-3H3. The normalized spacial score (nSPS) is 18.4. The van der Waals surface area contributed by atoms with E-state index in [-0.39, 0.29) is 5.60 Å². The van der Waals surface area contributed by atoms with E-state index in [2.05, 4.69) is 26.1 Å². The Morgan fingerprint density at radius 1 is 1.15 bits per heavy atom. The largest absolute Gasteiger partial charge is 0.367 e. The Morgan fingerprint density at radius 2 is 1.90 bits per heavy atom. The predicted octanol–water partition coefficient (Wildman–Crippen LogP) is 3.01. The van der Waals surface area contributed by atoms with Crippen LogP contribution in [0.25, 0.3) is 0 Å². The van der Waals surface area contributed by atoms with Crippen molar-refractivity contribution in [1.29, 1.82) is 0 Å². The molecule has 4 heteroatoms. The molecular formula is C16H25N3O. The van der Waals surface area contributed by atoms with E-state index in [0.29, 0.717) is 12.5 Å². The Bertz CT molecular complexity index is 493. The first kappa shape index (κ1) is 14.0. The van der Waals surface area contributed by atoms with Crippen molar-refractivity contribution in [2.75, 3.05) is 6.61 Å². The Kier molecular flexibility index (Phi) is 3.78. The highest BCUT2D eigenvalue weighted by atomic mass is 16.5. The van der Waals surface area contributed by atoms with Crippen molar-refractivity contribution >= 4 is 0 Å². The third-order valence-corrected chi connectivity index (χ3v) is 4.65. The van der Waals surface area contributed by atoms with E-state index < -0.39 is 0 Å².